The molecule has 0 saturated carbocycles. The topological polar surface area (TPSA) is 52.6 Å². The monoisotopic (exact) mass is 526 g/mol. The first kappa shape index (κ1) is 29.6. The number of carboxylic acids is 1. The average Bonchev–Trinajstić information content (AvgIpc) is 2.74. The lowest BCUT2D eigenvalue weighted by Gasteiger charge is -2.29. The third kappa shape index (κ3) is 11.3. The summed E-state index contributed by atoms with van der Waals surface area (Å²) in [6.45, 7) is 8.10. The number of aliphatic carboxylic acids is 1. The molecule has 0 fully saturated rings. The minimum atomic E-state index is -0.786. The van der Waals surface area contributed by atoms with Crippen LogP contribution in [0.15, 0.2) is 41.3 Å². The van der Waals surface area contributed by atoms with Crippen molar-refractivity contribution in [2.45, 2.75) is 69.7 Å². The summed E-state index contributed by atoms with van der Waals surface area (Å²) in [5, 5.41) is 13.1. The van der Waals surface area contributed by atoms with Crippen molar-refractivity contribution in [3.05, 3.63) is 64.2 Å². The maximum Gasteiger partial charge on any atom is 0.303 e. The summed E-state index contributed by atoms with van der Waals surface area (Å²) in [5.74, 6) is -1.36. The van der Waals surface area contributed by atoms with Crippen molar-refractivity contribution in [2.24, 2.45) is 5.92 Å². The zero-order valence-corrected chi connectivity index (χ0v) is 22.6. The predicted molar refractivity (Wildman–Crippen MR) is 141 cm³/mol. The van der Waals surface area contributed by atoms with Crippen molar-refractivity contribution >= 4 is 29.5 Å². The highest BCUT2D eigenvalue weighted by Gasteiger charge is 2.19. The van der Waals surface area contributed by atoms with Crippen molar-refractivity contribution in [1.29, 1.82) is 0 Å². The number of rotatable bonds is 15. The molecule has 0 radical (unpaired) electrons. The Hall–Kier alpha value is -1.67. The number of nitrogens with zero attached hydrogens (tertiary/aromatic N) is 1. The van der Waals surface area contributed by atoms with Crippen LogP contribution in [0.1, 0.15) is 57.6 Å². The summed E-state index contributed by atoms with van der Waals surface area (Å²) in [6.07, 6.45) is 3.31. The number of halogens is 3. The van der Waals surface area contributed by atoms with E-state index in [-0.39, 0.29) is 17.5 Å². The molecular weight excluding hydrogens is 490 g/mol. The first-order valence-corrected chi connectivity index (χ1v) is 13.2. The van der Waals surface area contributed by atoms with Crippen LogP contribution in [0.2, 0.25) is 5.02 Å². The van der Waals surface area contributed by atoms with Crippen molar-refractivity contribution in [3.8, 4) is 0 Å². The van der Waals surface area contributed by atoms with Crippen LogP contribution in [0.3, 0.4) is 0 Å². The fourth-order valence-corrected chi connectivity index (χ4v) is 5.39. The molecule has 4 nitrogen and oxygen atoms in total. The Labute approximate surface area is 217 Å². The van der Waals surface area contributed by atoms with E-state index in [1.807, 2.05) is 19.2 Å². The second kappa shape index (κ2) is 14.2. The van der Waals surface area contributed by atoms with Gasteiger partial charge in [-0.3, -0.25) is 4.79 Å². The Balaban J connectivity index is 1.77. The Bertz CT molecular complexity index is 954. The summed E-state index contributed by atoms with van der Waals surface area (Å²) < 4.78 is 29.9. The molecule has 8 heteroatoms. The van der Waals surface area contributed by atoms with Gasteiger partial charge in [-0.1, -0.05) is 24.6 Å². The van der Waals surface area contributed by atoms with Crippen molar-refractivity contribution in [3.63, 3.8) is 0 Å². The number of hydrogen-bond acceptors (Lipinski definition) is 4. The standard InChI is InChI=1S/C27H37ClF2N2O2S/c1-19(17-31-27(2,3)13-7-9-23-24(29)10-6-11-25(23)30)18-32(4)35-22-15-20(14-21(28)16-22)8-5-12-26(33)34/h6,10-11,14-16,19,31H,5,7-9,12-13,17-18H2,1-4H3,(H,33,34)/t19-/m1/s1. The molecule has 2 rings (SSSR count). The molecule has 0 unspecified atom stereocenters. The third-order valence-corrected chi connectivity index (χ3v) is 6.96. The molecule has 0 spiro atoms. The summed E-state index contributed by atoms with van der Waals surface area (Å²) in [4.78, 5) is 11.8. The van der Waals surface area contributed by atoms with E-state index in [0.29, 0.717) is 36.6 Å². The van der Waals surface area contributed by atoms with Gasteiger partial charge in [0, 0.05) is 34.0 Å². The van der Waals surface area contributed by atoms with Crippen LogP contribution in [0.25, 0.3) is 0 Å². The van der Waals surface area contributed by atoms with Crippen molar-refractivity contribution < 1.29 is 18.7 Å². The lowest BCUT2D eigenvalue weighted by molar-refractivity contribution is -0.137. The molecule has 0 aliphatic heterocycles. The number of nitrogens with one attached hydrogen (secondary N) is 1. The van der Waals surface area contributed by atoms with Crippen LogP contribution >= 0.6 is 23.5 Å². The van der Waals surface area contributed by atoms with Gasteiger partial charge >= 0.3 is 5.97 Å². The summed E-state index contributed by atoms with van der Waals surface area (Å²) in [7, 11) is 2.04. The zero-order chi connectivity index (χ0) is 26.0. The fourth-order valence-electron chi connectivity index (χ4n) is 4.00. The highest BCUT2D eigenvalue weighted by molar-refractivity contribution is 7.97. The molecule has 2 N–H and O–H groups in total. The van der Waals surface area contributed by atoms with Crippen LogP contribution in [-0.2, 0) is 17.6 Å². The van der Waals surface area contributed by atoms with Crippen LogP contribution in [0.5, 0.6) is 0 Å². The Morgan fingerprint density at radius 3 is 2.51 bits per heavy atom. The van der Waals surface area contributed by atoms with Crippen molar-refractivity contribution in [1.82, 2.24) is 9.62 Å². The van der Waals surface area contributed by atoms with Crippen LogP contribution in [-0.4, -0.2) is 41.1 Å². The molecule has 2 aromatic carbocycles. The SMILES string of the molecule is C[C@H](CNC(C)(C)CCCc1c(F)cccc1F)CN(C)Sc1cc(Cl)cc(CCCC(=O)O)c1. The molecule has 2 aromatic rings. The second-order valence-corrected chi connectivity index (χ2v) is 11.6. The van der Waals surface area contributed by atoms with Gasteiger partial charge < -0.3 is 10.4 Å². The Morgan fingerprint density at radius 2 is 1.86 bits per heavy atom. The highest BCUT2D eigenvalue weighted by atomic mass is 35.5. The number of carboxylic acid groups (broad SMARTS) is 1. The van der Waals surface area contributed by atoms with E-state index in [2.05, 4.69) is 36.5 Å². The first-order chi connectivity index (χ1) is 16.4. The largest absolute Gasteiger partial charge is 0.481 e. The van der Waals surface area contributed by atoms with Gasteiger partial charge in [0.05, 0.1) is 0 Å². The van der Waals surface area contributed by atoms with E-state index in [4.69, 9.17) is 16.7 Å². The number of carbonyl (C=O) groups is 1. The second-order valence-electron chi connectivity index (χ2n) is 9.87. The van der Waals surface area contributed by atoms with Crippen molar-refractivity contribution in [2.75, 3.05) is 20.1 Å². The first-order valence-electron chi connectivity index (χ1n) is 12.0. The van der Waals surface area contributed by atoms with Gasteiger partial charge in [0.2, 0.25) is 0 Å². The summed E-state index contributed by atoms with van der Waals surface area (Å²) in [5.41, 5.74) is 1.07. The van der Waals surface area contributed by atoms with Crippen LogP contribution < -0.4 is 5.32 Å². The molecule has 0 amide bonds. The van der Waals surface area contributed by atoms with E-state index < -0.39 is 17.6 Å². The van der Waals surface area contributed by atoms with E-state index in [1.165, 1.54) is 18.2 Å². The quantitative estimate of drug-likeness (QED) is 0.245. The Morgan fingerprint density at radius 1 is 1.17 bits per heavy atom. The van der Waals surface area contributed by atoms with Crippen LogP contribution in [0.4, 0.5) is 8.78 Å². The van der Waals surface area contributed by atoms with Gasteiger partial charge in [0.25, 0.3) is 0 Å². The van der Waals surface area contributed by atoms with E-state index in [0.717, 1.165) is 30.0 Å². The Kier molecular flexibility index (Phi) is 12.0. The molecule has 194 valence electrons. The maximum atomic E-state index is 13.8. The average molecular weight is 527 g/mol. The molecule has 0 aliphatic carbocycles. The van der Waals surface area contributed by atoms with Gasteiger partial charge in [0.15, 0.2) is 0 Å². The highest BCUT2D eigenvalue weighted by Crippen LogP contribution is 2.27. The zero-order valence-electron chi connectivity index (χ0n) is 21.0. The predicted octanol–water partition coefficient (Wildman–Crippen LogP) is 6.99. The minimum Gasteiger partial charge on any atom is -0.481 e. The van der Waals surface area contributed by atoms with Gasteiger partial charge in [-0.25, -0.2) is 13.1 Å². The summed E-state index contributed by atoms with van der Waals surface area (Å²) >= 11 is 7.90. The molecule has 0 aromatic heterocycles. The maximum absolute atomic E-state index is 13.8. The molecular formula is C27H37ClF2N2O2S. The lowest BCUT2D eigenvalue weighted by atomic mass is 9.94. The molecule has 35 heavy (non-hydrogen) atoms. The van der Waals surface area contributed by atoms with Crippen LogP contribution in [0, 0.1) is 17.6 Å². The van der Waals surface area contributed by atoms with E-state index >= 15 is 0 Å². The lowest BCUT2D eigenvalue weighted by Crippen LogP contribution is -2.43. The third-order valence-electron chi connectivity index (χ3n) is 5.84. The summed E-state index contributed by atoms with van der Waals surface area (Å²) in [6, 6.07) is 9.89. The van der Waals surface area contributed by atoms with Gasteiger partial charge in [-0.15, -0.1) is 0 Å². The molecule has 0 saturated heterocycles. The minimum absolute atomic E-state index is 0.139. The van der Waals surface area contributed by atoms with Gasteiger partial charge in [0.1, 0.15) is 11.6 Å². The smallest absolute Gasteiger partial charge is 0.303 e. The molecule has 0 aliphatic rings. The number of benzene rings is 2. The normalized spacial score (nSPS) is 12.8. The van der Waals surface area contributed by atoms with E-state index in [9.17, 15) is 13.6 Å². The van der Waals surface area contributed by atoms with Gasteiger partial charge in [-0.05, 0) is 113 Å². The fraction of sp³-hybridized carbons (Fsp3) is 0.519. The van der Waals surface area contributed by atoms with Gasteiger partial charge in [-0.2, -0.15) is 0 Å². The number of aryl methyl sites for hydroxylation is 1. The molecule has 1 atom stereocenters. The molecule has 0 bridgehead atoms. The van der Waals surface area contributed by atoms with E-state index in [1.54, 1.807) is 11.9 Å². The molecule has 0 heterocycles. The number of hydrogen-bond donors (Lipinski definition) is 2.